The van der Waals surface area contributed by atoms with Gasteiger partial charge < -0.3 is 19.8 Å². The van der Waals surface area contributed by atoms with Crippen molar-refractivity contribution in [2.75, 3.05) is 13.1 Å². The highest BCUT2D eigenvalue weighted by Crippen LogP contribution is 2.33. The Bertz CT molecular complexity index is 368. The van der Waals surface area contributed by atoms with Gasteiger partial charge >= 0.3 is 12.1 Å². The zero-order valence-electron chi connectivity index (χ0n) is 12.7. The van der Waals surface area contributed by atoms with Gasteiger partial charge in [0.1, 0.15) is 11.2 Å². The van der Waals surface area contributed by atoms with E-state index in [1.54, 1.807) is 20.8 Å². The van der Waals surface area contributed by atoms with E-state index in [1.165, 1.54) is 4.90 Å². The first-order chi connectivity index (χ1) is 9.09. The van der Waals surface area contributed by atoms with Crippen molar-refractivity contribution in [2.45, 2.75) is 58.2 Å². The lowest BCUT2D eigenvalue weighted by Crippen LogP contribution is -2.68. The van der Waals surface area contributed by atoms with E-state index in [9.17, 15) is 19.8 Å². The van der Waals surface area contributed by atoms with Crippen LogP contribution in [-0.2, 0) is 9.53 Å². The molecule has 0 aromatic carbocycles. The predicted molar refractivity (Wildman–Crippen MR) is 73.4 cm³/mol. The molecule has 6 heteroatoms. The maximum Gasteiger partial charge on any atom is 0.410 e. The van der Waals surface area contributed by atoms with Gasteiger partial charge in [-0.15, -0.1) is 0 Å². The fraction of sp³-hybridized carbons (Fsp3) is 0.857. The van der Waals surface area contributed by atoms with Gasteiger partial charge in [0.15, 0.2) is 0 Å². The summed E-state index contributed by atoms with van der Waals surface area (Å²) >= 11 is 0. The number of unbranched alkanes of at least 4 members (excludes halogenated alkanes) is 1. The zero-order valence-corrected chi connectivity index (χ0v) is 12.7. The standard InChI is InChI=1S/C14H25NO5/c1-5-6-7-10(11(16)17)14(19)8-15(9-14)12(18)20-13(2,3)4/h10,19H,5-9H2,1-4H3,(H,16,17). The molecule has 0 spiro atoms. The van der Waals surface area contributed by atoms with Gasteiger partial charge in [0, 0.05) is 0 Å². The van der Waals surface area contributed by atoms with Crippen molar-refractivity contribution >= 4 is 12.1 Å². The molecule has 1 rings (SSSR count). The molecule has 1 heterocycles. The maximum atomic E-state index is 11.8. The van der Waals surface area contributed by atoms with E-state index in [0.717, 1.165) is 12.8 Å². The van der Waals surface area contributed by atoms with Crippen molar-refractivity contribution in [3.05, 3.63) is 0 Å². The summed E-state index contributed by atoms with van der Waals surface area (Å²) in [7, 11) is 0. The molecule has 0 aliphatic carbocycles. The van der Waals surface area contributed by atoms with Crippen LogP contribution in [0.15, 0.2) is 0 Å². The number of carboxylic acid groups (broad SMARTS) is 1. The van der Waals surface area contributed by atoms with Crippen LogP contribution in [0.25, 0.3) is 0 Å². The molecule has 0 bridgehead atoms. The molecule has 1 aliphatic heterocycles. The number of aliphatic carboxylic acids is 1. The van der Waals surface area contributed by atoms with E-state index in [0.29, 0.717) is 6.42 Å². The number of ether oxygens (including phenoxy) is 1. The highest BCUT2D eigenvalue weighted by molar-refractivity contribution is 5.74. The van der Waals surface area contributed by atoms with E-state index in [2.05, 4.69) is 0 Å². The quantitative estimate of drug-likeness (QED) is 0.806. The molecule has 1 atom stereocenters. The SMILES string of the molecule is CCCCC(C(=O)O)C1(O)CN(C(=O)OC(C)(C)C)C1. The second-order valence-corrected chi connectivity index (χ2v) is 6.47. The number of β-amino-alcohol motifs (C(OH)–C–C–N with tert-alkyl or cyclic N) is 1. The summed E-state index contributed by atoms with van der Waals surface area (Å²) in [6.07, 6.45) is 1.52. The van der Waals surface area contributed by atoms with E-state index in [1.807, 2.05) is 6.92 Å². The van der Waals surface area contributed by atoms with Crippen molar-refractivity contribution in [3.8, 4) is 0 Å². The third kappa shape index (κ3) is 4.10. The summed E-state index contributed by atoms with van der Waals surface area (Å²) < 4.78 is 5.18. The number of aliphatic hydroxyl groups is 1. The summed E-state index contributed by atoms with van der Waals surface area (Å²) in [5.41, 5.74) is -1.93. The van der Waals surface area contributed by atoms with Crippen LogP contribution < -0.4 is 0 Å². The smallest absolute Gasteiger partial charge is 0.410 e. The molecule has 0 saturated carbocycles. The largest absolute Gasteiger partial charge is 0.481 e. The molecule has 0 aromatic heterocycles. The third-order valence-electron chi connectivity index (χ3n) is 3.37. The van der Waals surface area contributed by atoms with Crippen molar-refractivity contribution < 1.29 is 24.5 Å². The lowest BCUT2D eigenvalue weighted by atomic mass is 9.78. The third-order valence-corrected chi connectivity index (χ3v) is 3.37. The van der Waals surface area contributed by atoms with Gasteiger partial charge in [0.2, 0.25) is 0 Å². The topological polar surface area (TPSA) is 87.1 Å². The summed E-state index contributed by atoms with van der Waals surface area (Å²) in [4.78, 5) is 24.4. The lowest BCUT2D eigenvalue weighted by Gasteiger charge is -2.49. The first kappa shape index (κ1) is 16.8. The Kier molecular flexibility index (Phi) is 5.02. The normalized spacial score (nSPS) is 19.1. The van der Waals surface area contributed by atoms with Crippen molar-refractivity contribution in [3.63, 3.8) is 0 Å². The Morgan fingerprint density at radius 1 is 1.35 bits per heavy atom. The molecular formula is C14H25NO5. The number of amides is 1. The average Bonchev–Trinajstić information content (AvgIpc) is 2.22. The van der Waals surface area contributed by atoms with Crippen LogP contribution in [0.4, 0.5) is 4.79 Å². The summed E-state index contributed by atoms with van der Waals surface area (Å²) in [6, 6.07) is 0. The number of carbonyl (C=O) groups excluding carboxylic acids is 1. The lowest BCUT2D eigenvalue weighted by molar-refractivity contribution is -0.170. The molecular weight excluding hydrogens is 262 g/mol. The molecule has 0 radical (unpaired) electrons. The van der Waals surface area contributed by atoms with Crippen LogP contribution >= 0.6 is 0 Å². The average molecular weight is 287 g/mol. The van der Waals surface area contributed by atoms with Crippen molar-refractivity contribution in [1.82, 2.24) is 4.90 Å². The minimum Gasteiger partial charge on any atom is -0.481 e. The number of rotatable bonds is 5. The van der Waals surface area contributed by atoms with Crippen LogP contribution in [0, 0.1) is 5.92 Å². The Morgan fingerprint density at radius 3 is 2.30 bits per heavy atom. The molecule has 1 amide bonds. The fourth-order valence-electron chi connectivity index (χ4n) is 2.32. The summed E-state index contributed by atoms with van der Waals surface area (Å²) in [5, 5.41) is 19.6. The summed E-state index contributed by atoms with van der Waals surface area (Å²) in [6.45, 7) is 7.29. The minimum atomic E-state index is -1.34. The van der Waals surface area contributed by atoms with Gasteiger partial charge in [-0.25, -0.2) is 4.79 Å². The van der Waals surface area contributed by atoms with Crippen LogP contribution in [0.2, 0.25) is 0 Å². The van der Waals surface area contributed by atoms with Crippen LogP contribution in [0.1, 0.15) is 47.0 Å². The molecule has 1 fully saturated rings. The monoisotopic (exact) mass is 287 g/mol. The number of carbonyl (C=O) groups is 2. The van der Waals surface area contributed by atoms with E-state index >= 15 is 0 Å². The Hall–Kier alpha value is -1.30. The first-order valence-electron chi connectivity index (χ1n) is 7.02. The van der Waals surface area contributed by atoms with E-state index in [4.69, 9.17) is 4.74 Å². The van der Waals surface area contributed by atoms with Crippen molar-refractivity contribution in [2.24, 2.45) is 5.92 Å². The molecule has 20 heavy (non-hydrogen) atoms. The fourth-order valence-corrected chi connectivity index (χ4v) is 2.32. The van der Waals surface area contributed by atoms with Gasteiger partial charge in [0.05, 0.1) is 19.0 Å². The van der Waals surface area contributed by atoms with Gasteiger partial charge in [-0.2, -0.15) is 0 Å². The number of hydrogen-bond acceptors (Lipinski definition) is 4. The number of likely N-dealkylation sites (tertiary alicyclic amines) is 1. The Labute approximate surface area is 119 Å². The first-order valence-corrected chi connectivity index (χ1v) is 7.02. The molecule has 1 saturated heterocycles. The van der Waals surface area contributed by atoms with Gasteiger partial charge in [-0.05, 0) is 27.2 Å². The number of carboxylic acids is 1. The predicted octanol–water partition coefficient (Wildman–Crippen LogP) is 1.86. The highest BCUT2D eigenvalue weighted by Gasteiger charge is 2.52. The minimum absolute atomic E-state index is 0.0165. The van der Waals surface area contributed by atoms with Crippen LogP contribution in [-0.4, -0.2) is 51.5 Å². The number of nitrogens with zero attached hydrogens (tertiary/aromatic N) is 1. The van der Waals surface area contributed by atoms with Gasteiger partial charge in [-0.1, -0.05) is 19.8 Å². The van der Waals surface area contributed by atoms with Crippen LogP contribution in [0.5, 0.6) is 0 Å². The number of hydrogen-bond donors (Lipinski definition) is 2. The molecule has 0 aromatic rings. The highest BCUT2D eigenvalue weighted by atomic mass is 16.6. The Balaban J connectivity index is 2.58. The van der Waals surface area contributed by atoms with Crippen molar-refractivity contribution in [1.29, 1.82) is 0 Å². The van der Waals surface area contributed by atoms with E-state index in [-0.39, 0.29) is 13.1 Å². The molecule has 6 nitrogen and oxygen atoms in total. The summed E-state index contributed by atoms with van der Waals surface area (Å²) in [5.74, 6) is -1.84. The van der Waals surface area contributed by atoms with E-state index < -0.39 is 29.2 Å². The Morgan fingerprint density at radius 2 is 1.90 bits per heavy atom. The van der Waals surface area contributed by atoms with Crippen LogP contribution in [0.3, 0.4) is 0 Å². The molecule has 1 unspecified atom stereocenters. The second kappa shape index (κ2) is 5.99. The zero-order chi connectivity index (χ0) is 15.6. The molecule has 1 aliphatic rings. The molecule has 2 N–H and O–H groups in total. The maximum absolute atomic E-state index is 11.8. The second-order valence-electron chi connectivity index (χ2n) is 6.47. The molecule has 116 valence electrons. The van der Waals surface area contributed by atoms with Gasteiger partial charge in [0.25, 0.3) is 0 Å². The van der Waals surface area contributed by atoms with Gasteiger partial charge in [-0.3, -0.25) is 4.79 Å².